The first-order valence-corrected chi connectivity index (χ1v) is 11.4. The second-order valence-corrected chi connectivity index (χ2v) is 8.16. The number of halogens is 1. The molecule has 1 aromatic heterocycles. The molecule has 0 aliphatic carbocycles. The van der Waals surface area contributed by atoms with E-state index in [1.165, 1.54) is 0 Å². The van der Waals surface area contributed by atoms with E-state index in [0.717, 1.165) is 71.1 Å². The maximum absolute atomic E-state index is 4.49. The number of anilines is 4. The Morgan fingerprint density at radius 2 is 1.00 bits per heavy atom. The van der Waals surface area contributed by atoms with Gasteiger partial charge in [-0.25, -0.2) is 0 Å². The summed E-state index contributed by atoms with van der Waals surface area (Å²) in [6, 6.07) is 24.5. The highest BCUT2D eigenvalue weighted by Gasteiger charge is 2.12. The van der Waals surface area contributed by atoms with E-state index in [0.29, 0.717) is 11.6 Å². The van der Waals surface area contributed by atoms with Gasteiger partial charge in [0.05, 0.1) is 13.1 Å². The molecule has 0 unspecified atom stereocenters. The van der Waals surface area contributed by atoms with Crippen LogP contribution in [-0.4, -0.2) is 48.0 Å². The van der Waals surface area contributed by atoms with E-state index >= 15 is 0 Å². The van der Waals surface area contributed by atoms with Gasteiger partial charge in [0.15, 0.2) is 11.6 Å². The van der Waals surface area contributed by atoms with Crippen molar-refractivity contribution in [2.45, 2.75) is 0 Å². The molecule has 176 valence electrons. The van der Waals surface area contributed by atoms with E-state index in [-0.39, 0.29) is 12.4 Å². The average molecular weight is 485 g/mol. The van der Waals surface area contributed by atoms with Gasteiger partial charge < -0.3 is 21.3 Å². The third-order valence-electron chi connectivity index (χ3n) is 5.88. The predicted molar refractivity (Wildman–Crippen MR) is 145 cm³/mol. The van der Waals surface area contributed by atoms with Gasteiger partial charge in [-0.15, -0.1) is 22.6 Å². The van der Waals surface area contributed by atoms with Crippen molar-refractivity contribution < 1.29 is 0 Å². The standard InChI is InChI=1S/C26H24N8.ClH/c1-2-4-22-21(3-1)25(31-19-9-5-17(6-10-19)23-27-13-14-28-23)33-34-26(22)32-20-11-7-18(8-12-20)24-29-15-16-30-24;/h1-12H,13-16H2,(H,27,28)(H,29,30)(H,31,33)(H,32,34);1H. The third kappa shape index (κ3) is 4.74. The van der Waals surface area contributed by atoms with Crippen molar-refractivity contribution in [1.82, 2.24) is 20.8 Å². The molecule has 2 aliphatic rings. The fourth-order valence-electron chi connectivity index (χ4n) is 4.17. The van der Waals surface area contributed by atoms with Crippen LogP contribution in [0, 0.1) is 0 Å². The number of nitrogens with one attached hydrogen (secondary N) is 4. The minimum Gasteiger partial charge on any atom is -0.368 e. The second-order valence-electron chi connectivity index (χ2n) is 8.16. The van der Waals surface area contributed by atoms with Gasteiger partial charge in [0.1, 0.15) is 11.7 Å². The van der Waals surface area contributed by atoms with Crippen molar-refractivity contribution >= 4 is 57.9 Å². The van der Waals surface area contributed by atoms with Crippen LogP contribution in [0.4, 0.5) is 23.0 Å². The summed E-state index contributed by atoms with van der Waals surface area (Å²) >= 11 is 0. The largest absolute Gasteiger partial charge is 0.368 e. The number of aromatic nitrogens is 2. The fourth-order valence-corrected chi connectivity index (χ4v) is 4.17. The summed E-state index contributed by atoms with van der Waals surface area (Å²) in [5, 5.41) is 24.4. The first-order chi connectivity index (χ1) is 16.8. The number of hydrogen-bond acceptors (Lipinski definition) is 8. The summed E-state index contributed by atoms with van der Waals surface area (Å²) in [6.45, 7) is 3.45. The molecule has 0 fully saturated rings. The minimum atomic E-state index is 0. The van der Waals surface area contributed by atoms with Crippen LogP contribution in [-0.2, 0) is 0 Å². The molecule has 0 atom stereocenters. The van der Waals surface area contributed by atoms with E-state index in [1.54, 1.807) is 0 Å². The molecule has 8 nitrogen and oxygen atoms in total. The van der Waals surface area contributed by atoms with Gasteiger partial charge in [-0.05, 0) is 48.5 Å². The van der Waals surface area contributed by atoms with Crippen LogP contribution in [0.1, 0.15) is 11.1 Å². The predicted octanol–water partition coefficient (Wildman–Crippen LogP) is 4.24. The lowest BCUT2D eigenvalue weighted by Crippen LogP contribution is -2.19. The summed E-state index contributed by atoms with van der Waals surface area (Å²) in [5.41, 5.74) is 4.06. The SMILES string of the molecule is Cl.c1ccc2c(Nc3ccc(C4=NCCN4)cc3)nnc(Nc3ccc(C4=NCCN4)cc3)c2c1. The Balaban J connectivity index is 0.00000253. The molecule has 35 heavy (non-hydrogen) atoms. The molecule has 0 bridgehead atoms. The van der Waals surface area contributed by atoms with Crippen LogP contribution in [0.15, 0.2) is 82.8 Å². The zero-order chi connectivity index (χ0) is 22.7. The number of benzene rings is 3. The highest BCUT2D eigenvalue weighted by atomic mass is 35.5. The third-order valence-corrected chi connectivity index (χ3v) is 5.88. The van der Waals surface area contributed by atoms with E-state index in [1.807, 2.05) is 36.4 Å². The lowest BCUT2D eigenvalue weighted by Gasteiger charge is -2.13. The number of nitrogens with zero attached hydrogens (tertiary/aromatic N) is 4. The molecule has 3 aromatic carbocycles. The smallest absolute Gasteiger partial charge is 0.161 e. The monoisotopic (exact) mass is 484 g/mol. The topological polar surface area (TPSA) is 98.6 Å². The molecule has 4 aromatic rings. The average Bonchev–Trinajstić information content (AvgIpc) is 3.62. The normalized spacial score (nSPS) is 14.4. The highest BCUT2D eigenvalue weighted by Crippen LogP contribution is 2.30. The van der Waals surface area contributed by atoms with Gasteiger partial charge in [-0.3, -0.25) is 9.98 Å². The van der Waals surface area contributed by atoms with Crippen molar-refractivity contribution in [2.24, 2.45) is 9.98 Å². The highest BCUT2D eigenvalue weighted by molar-refractivity contribution is 6.02. The molecule has 0 amide bonds. The maximum atomic E-state index is 4.49. The van der Waals surface area contributed by atoms with Crippen molar-refractivity contribution in [1.29, 1.82) is 0 Å². The minimum absolute atomic E-state index is 0. The molecule has 0 saturated carbocycles. The van der Waals surface area contributed by atoms with E-state index in [2.05, 4.69) is 77.8 Å². The van der Waals surface area contributed by atoms with Gasteiger partial charge in [0, 0.05) is 46.4 Å². The Morgan fingerprint density at radius 1 is 0.571 bits per heavy atom. The Morgan fingerprint density at radius 3 is 1.37 bits per heavy atom. The lowest BCUT2D eigenvalue weighted by atomic mass is 10.1. The molecule has 3 heterocycles. The first-order valence-electron chi connectivity index (χ1n) is 11.4. The van der Waals surface area contributed by atoms with Crippen LogP contribution >= 0.6 is 12.4 Å². The number of amidine groups is 2. The first kappa shape index (κ1) is 22.6. The van der Waals surface area contributed by atoms with Crippen molar-refractivity contribution in [3.63, 3.8) is 0 Å². The zero-order valence-electron chi connectivity index (χ0n) is 19.0. The van der Waals surface area contributed by atoms with E-state index in [9.17, 15) is 0 Å². The Labute approximate surface area is 209 Å². The second kappa shape index (κ2) is 9.99. The lowest BCUT2D eigenvalue weighted by molar-refractivity contribution is 0.960. The fraction of sp³-hybridized carbons (Fsp3) is 0.154. The van der Waals surface area contributed by atoms with Crippen LogP contribution < -0.4 is 21.3 Å². The van der Waals surface area contributed by atoms with Crippen molar-refractivity contribution in [2.75, 3.05) is 36.8 Å². The van der Waals surface area contributed by atoms with E-state index in [4.69, 9.17) is 0 Å². The number of fused-ring (bicyclic) bond motifs is 1. The number of hydrogen-bond donors (Lipinski definition) is 4. The summed E-state index contributed by atoms with van der Waals surface area (Å²) in [4.78, 5) is 8.95. The summed E-state index contributed by atoms with van der Waals surface area (Å²) in [5.74, 6) is 3.33. The molecular weight excluding hydrogens is 460 g/mol. The van der Waals surface area contributed by atoms with E-state index < -0.39 is 0 Å². The molecular formula is C26H25ClN8. The molecule has 4 N–H and O–H groups in total. The van der Waals surface area contributed by atoms with Gasteiger partial charge in [0.25, 0.3) is 0 Å². The van der Waals surface area contributed by atoms with Crippen molar-refractivity contribution in [3.8, 4) is 0 Å². The van der Waals surface area contributed by atoms with Gasteiger partial charge in [0.2, 0.25) is 0 Å². The van der Waals surface area contributed by atoms with Crippen LogP contribution in [0.5, 0.6) is 0 Å². The number of rotatable bonds is 6. The maximum Gasteiger partial charge on any atom is 0.161 e. The van der Waals surface area contributed by atoms with Crippen LogP contribution in [0.2, 0.25) is 0 Å². The molecule has 9 heteroatoms. The summed E-state index contributed by atoms with van der Waals surface area (Å²) < 4.78 is 0. The quantitative estimate of drug-likeness (QED) is 0.327. The molecule has 0 saturated heterocycles. The molecule has 6 rings (SSSR count). The van der Waals surface area contributed by atoms with Crippen molar-refractivity contribution in [3.05, 3.63) is 83.9 Å². The van der Waals surface area contributed by atoms with Gasteiger partial charge >= 0.3 is 0 Å². The van der Waals surface area contributed by atoms with Crippen LogP contribution in [0.25, 0.3) is 10.8 Å². The Hall–Kier alpha value is -4.17. The molecule has 2 aliphatic heterocycles. The number of aliphatic imine (C=N–C) groups is 2. The zero-order valence-corrected chi connectivity index (χ0v) is 19.8. The molecule has 0 spiro atoms. The van der Waals surface area contributed by atoms with Crippen LogP contribution in [0.3, 0.4) is 0 Å². The summed E-state index contributed by atoms with van der Waals surface area (Å²) in [7, 11) is 0. The Bertz CT molecular complexity index is 1290. The summed E-state index contributed by atoms with van der Waals surface area (Å²) in [6.07, 6.45) is 0. The molecule has 0 radical (unpaired) electrons. The van der Waals surface area contributed by atoms with Gasteiger partial charge in [-0.2, -0.15) is 0 Å². The Kier molecular flexibility index (Phi) is 6.45. The van der Waals surface area contributed by atoms with Gasteiger partial charge in [-0.1, -0.05) is 24.3 Å².